The molecule has 0 N–H and O–H groups in total. The number of carbonyl (C=O) groups excluding carboxylic acids is 1. The molecule has 1 aliphatic rings. The molecule has 0 saturated carbocycles. The third-order valence-electron chi connectivity index (χ3n) is 3.21. The van der Waals surface area contributed by atoms with Crippen molar-refractivity contribution in [3.05, 3.63) is 41.4 Å². The van der Waals surface area contributed by atoms with Crippen LogP contribution in [0.15, 0.2) is 34.9 Å². The van der Waals surface area contributed by atoms with E-state index in [0.29, 0.717) is 29.7 Å². The third kappa shape index (κ3) is 3.43. The van der Waals surface area contributed by atoms with Gasteiger partial charge in [0.05, 0.1) is 6.20 Å². The molecule has 1 aliphatic heterocycles. The van der Waals surface area contributed by atoms with Crippen LogP contribution in [0.1, 0.15) is 18.7 Å². The summed E-state index contributed by atoms with van der Waals surface area (Å²) in [5.74, 6) is 0.597. The van der Waals surface area contributed by atoms with E-state index in [1.807, 2.05) is 12.1 Å². The van der Waals surface area contributed by atoms with Crippen LogP contribution in [0.2, 0.25) is 5.02 Å². The number of hydrogen-bond donors (Lipinski definition) is 0. The first-order valence-electron chi connectivity index (χ1n) is 6.71. The first kappa shape index (κ1) is 14.1. The molecule has 0 spiro atoms. The molecule has 3 rings (SSSR count). The molecular formula is C15H14ClNO4. The van der Waals surface area contributed by atoms with Crippen molar-refractivity contribution in [2.24, 2.45) is 0 Å². The van der Waals surface area contributed by atoms with Crippen LogP contribution in [0.3, 0.4) is 0 Å². The summed E-state index contributed by atoms with van der Waals surface area (Å²) in [6, 6.07) is 7.23. The van der Waals surface area contributed by atoms with Gasteiger partial charge in [-0.05, 0) is 37.1 Å². The Morgan fingerprint density at radius 3 is 2.90 bits per heavy atom. The Hall–Kier alpha value is -1.85. The fraction of sp³-hybridized carbons (Fsp3) is 0.333. The van der Waals surface area contributed by atoms with E-state index in [-0.39, 0.29) is 12.6 Å². The second kappa shape index (κ2) is 6.28. The molecule has 0 aliphatic carbocycles. The highest BCUT2D eigenvalue weighted by atomic mass is 35.5. The molecule has 2 heterocycles. The fourth-order valence-electron chi connectivity index (χ4n) is 2.11. The lowest BCUT2D eigenvalue weighted by Crippen LogP contribution is -2.21. The highest BCUT2D eigenvalue weighted by molar-refractivity contribution is 6.30. The molecule has 1 aromatic carbocycles. The minimum Gasteiger partial charge on any atom is -0.454 e. The molecule has 1 aromatic heterocycles. The zero-order chi connectivity index (χ0) is 14.7. The molecule has 2 aromatic rings. The number of halogens is 1. The Morgan fingerprint density at radius 1 is 1.38 bits per heavy atom. The van der Waals surface area contributed by atoms with Gasteiger partial charge in [0.15, 0.2) is 18.5 Å². The minimum atomic E-state index is -0.448. The Labute approximate surface area is 126 Å². The van der Waals surface area contributed by atoms with E-state index in [4.69, 9.17) is 25.5 Å². The third-order valence-corrected chi connectivity index (χ3v) is 3.46. The Morgan fingerprint density at radius 2 is 2.19 bits per heavy atom. The second-order valence-electron chi connectivity index (χ2n) is 4.73. The van der Waals surface area contributed by atoms with Gasteiger partial charge in [-0.3, -0.25) is 0 Å². The molecule has 1 fully saturated rings. The zero-order valence-corrected chi connectivity index (χ0v) is 12.0. The topological polar surface area (TPSA) is 61.6 Å². The van der Waals surface area contributed by atoms with Crippen LogP contribution in [-0.4, -0.2) is 23.7 Å². The fourth-order valence-corrected chi connectivity index (χ4v) is 2.24. The highest BCUT2D eigenvalue weighted by Crippen LogP contribution is 2.22. The van der Waals surface area contributed by atoms with Gasteiger partial charge >= 0.3 is 5.97 Å². The summed E-state index contributed by atoms with van der Waals surface area (Å²) < 4.78 is 15.9. The molecule has 6 heteroatoms. The van der Waals surface area contributed by atoms with Crippen molar-refractivity contribution in [2.45, 2.75) is 25.6 Å². The number of oxazole rings is 1. The van der Waals surface area contributed by atoms with Gasteiger partial charge in [-0.1, -0.05) is 11.6 Å². The SMILES string of the molecule is O=C(OCc1ncc(-c2ccc(Cl)cc2)o1)C1CCCO1. The first-order chi connectivity index (χ1) is 10.2. The normalized spacial score (nSPS) is 17.9. The summed E-state index contributed by atoms with van der Waals surface area (Å²) in [6.45, 7) is 0.617. The average molecular weight is 308 g/mol. The smallest absolute Gasteiger partial charge is 0.335 e. The Kier molecular flexibility index (Phi) is 4.22. The number of ether oxygens (including phenoxy) is 2. The molecule has 0 radical (unpaired) electrons. The second-order valence-corrected chi connectivity index (χ2v) is 5.17. The first-order valence-corrected chi connectivity index (χ1v) is 7.09. The van der Waals surface area contributed by atoms with E-state index < -0.39 is 6.10 Å². The predicted octanol–water partition coefficient (Wildman–Crippen LogP) is 3.22. The maximum absolute atomic E-state index is 11.7. The highest BCUT2D eigenvalue weighted by Gasteiger charge is 2.25. The monoisotopic (exact) mass is 307 g/mol. The zero-order valence-electron chi connectivity index (χ0n) is 11.3. The minimum absolute atomic E-state index is 0.00623. The van der Waals surface area contributed by atoms with Crippen LogP contribution in [0, 0.1) is 0 Å². The molecule has 0 bridgehead atoms. The van der Waals surface area contributed by atoms with Crippen LogP contribution in [0.25, 0.3) is 11.3 Å². The van der Waals surface area contributed by atoms with Crippen molar-refractivity contribution in [3.8, 4) is 11.3 Å². The lowest BCUT2D eigenvalue weighted by molar-refractivity contribution is -0.156. The van der Waals surface area contributed by atoms with Gasteiger partial charge in [0.2, 0.25) is 5.89 Å². The molecule has 1 unspecified atom stereocenters. The number of carbonyl (C=O) groups is 1. The van der Waals surface area contributed by atoms with Crippen molar-refractivity contribution < 1.29 is 18.7 Å². The summed E-state index contributed by atoms with van der Waals surface area (Å²) in [7, 11) is 0. The van der Waals surface area contributed by atoms with Crippen molar-refractivity contribution in [1.82, 2.24) is 4.98 Å². The molecular weight excluding hydrogens is 294 g/mol. The summed E-state index contributed by atoms with van der Waals surface area (Å²) in [5.41, 5.74) is 0.864. The molecule has 21 heavy (non-hydrogen) atoms. The molecule has 5 nitrogen and oxygen atoms in total. The van der Waals surface area contributed by atoms with E-state index >= 15 is 0 Å². The molecule has 1 saturated heterocycles. The van der Waals surface area contributed by atoms with Gasteiger partial charge in [-0.15, -0.1) is 0 Å². The van der Waals surface area contributed by atoms with Crippen LogP contribution in [0.4, 0.5) is 0 Å². The van der Waals surface area contributed by atoms with E-state index in [9.17, 15) is 4.79 Å². The van der Waals surface area contributed by atoms with Crippen LogP contribution in [0.5, 0.6) is 0 Å². The Balaban J connectivity index is 1.60. The summed E-state index contributed by atoms with van der Waals surface area (Å²) >= 11 is 5.84. The Bertz CT molecular complexity index is 617. The number of aromatic nitrogens is 1. The molecule has 110 valence electrons. The van der Waals surface area contributed by atoms with Gasteiger partial charge in [0, 0.05) is 17.2 Å². The van der Waals surface area contributed by atoms with E-state index in [0.717, 1.165) is 12.0 Å². The maximum atomic E-state index is 11.7. The number of esters is 1. The van der Waals surface area contributed by atoms with Crippen molar-refractivity contribution in [2.75, 3.05) is 6.61 Å². The number of rotatable bonds is 4. The van der Waals surface area contributed by atoms with Crippen molar-refractivity contribution in [3.63, 3.8) is 0 Å². The van der Waals surface area contributed by atoms with E-state index in [1.165, 1.54) is 0 Å². The van der Waals surface area contributed by atoms with Gasteiger partial charge in [-0.2, -0.15) is 0 Å². The number of benzene rings is 1. The molecule has 0 amide bonds. The average Bonchev–Trinajstić information content (AvgIpc) is 3.17. The molecule has 1 atom stereocenters. The maximum Gasteiger partial charge on any atom is 0.335 e. The van der Waals surface area contributed by atoms with Crippen molar-refractivity contribution in [1.29, 1.82) is 0 Å². The van der Waals surface area contributed by atoms with E-state index in [2.05, 4.69) is 4.98 Å². The van der Waals surface area contributed by atoms with Crippen LogP contribution in [-0.2, 0) is 20.9 Å². The van der Waals surface area contributed by atoms with Gasteiger partial charge in [-0.25, -0.2) is 9.78 Å². The van der Waals surface area contributed by atoms with Gasteiger partial charge in [0.25, 0.3) is 0 Å². The van der Waals surface area contributed by atoms with E-state index in [1.54, 1.807) is 18.3 Å². The van der Waals surface area contributed by atoms with Gasteiger partial charge < -0.3 is 13.9 Å². The summed E-state index contributed by atoms with van der Waals surface area (Å²) in [4.78, 5) is 15.8. The van der Waals surface area contributed by atoms with Crippen molar-refractivity contribution >= 4 is 17.6 Å². The lowest BCUT2D eigenvalue weighted by atomic mass is 10.2. The number of hydrogen-bond acceptors (Lipinski definition) is 5. The standard InChI is InChI=1S/C15H14ClNO4/c16-11-5-3-10(4-6-11)13-8-17-14(21-13)9-20-15(18)12-2-1-7-19-12/h3-6,8,12H,1-2,7,9H2. The lowest BCUT2D eigenvalue weighted by Gasteiger charge is -2.07. The van der Waals surface area contributed by atoms with Crippen LogP contribution < -0.4 is 0 Å². The number of nitrogens with zero attached hydrogens (tertiary/aromatic N) is 1. The summed E-state index contributed by atoms with van der Waals surface area (Å²) in [5, 5.41) is 0.656. The quantitative estimate of drug-likeness (QED) is 0.812. The largest absolute Gasteiger partial charge is 0.454 e. The van der Waals surface area contributed by atoms with Gasteiger partial charge in [0.1, 0.15) is 0 Å². The summed E-state index contributed by atoms with van der Waals surface area (Å²) in [6.07, 6.45) is 2.74. The predicted molar refractivity (Wildman–Crippen MR) is 75.7 cm³/mol. The van der Waals surface area contributed by atoms with Crippen LogP contribution >= 0.6 is 11.6 Å².